The van der Waals surface area contributed by atoms with E-state index in [1.54, 1.807) is 6.92 Å². The van der Waals surface area contributed by atoms with Crippen molar-refractivity contribution in [1.29, 1.82) is 0 Å². The molecule has 8 heteroatoms. The van der Waals surface area contributed by atoms with Crippen LogP contribution in [0.1, 0.15) is 5.56 Å². The van der Waals surface area contributed by atoms with E-state index in [0.717, 1.165) is 6.07 Å². The molecule has 0 spiro atoms. The van der Waals surface area contributed by atoms with E-state index in [1.165, 1.54) is 31.4 Å². The fourth-order valence-electron chi connectivity index (χ4n) is 1.63. The van der Waals surface area contributed by atoms with E-state index in [4.69, 9.17) is 4.74 Å². The molecule has 112 valence electrons. The molecule has 0 atom stereocenters. The van der Waals surface area contributed by atoms with Gasteiger partial charge in [-0.2, -0.15) is 0 Å². The zero-order valence-electron chi connectivity index (χ0n) is 11.2. The van der Waals surface area contributed by atoms with E-state index in [-0.39, 0.29) is 10.3 Å². The molecule has 1 aromatic heterocycles. The number of nitrogens with zero attached hydrogens (tertiary/aromatic N) is 1. The molecule has 21 heavy (non-hydrogen) atoms. The lowest BCUT2D eigenvalue weighted by molar-refractivity contribution is 0.397. The first-order chi connectivity index (χ1) is 9.83. The molecule has 0 amide bonds. The number of aromatic nitrogens is 1. The summed E-state index contributed by atoms with van der Waals surface area (Å²) in [6, 6.07) is 6.88. The summed E-state index contributed by atoms with van der Waals surface area (Å²) in [5, 5.41) is 0. The van der Waals surface area contributed by atoms with Crippen LogP contribution in [0.5, 0.6) is 5.88 Å². The topological polar surface area (TPSA) is 68.3 Å². The number of anilines is 1. The molecule has 0 radical (unpaired) electrons. The van der Waals surface area contributed by atoms with Crippen molar-refractivity contribution in [2.24, 2.45) is 0 Å². The molecule has 0 saturated carbocycles. The maximum Gasteiger partial charge on any atom is 0.264 e. The SMILES string of the molecule is COc1ccc(NS(=O)(=O)c2ccc(C)cc2F)c(Br)n1. The van der Waals surface area contributed by atoms with E-state index < -0.39 is 20.7 Å². The molecule has 0 saturated heterocycles. The van der Waals surface area contributed by atoms with Crippen molar-refractivity contribution in [3.63, 3.8) is 0 Å². The molecule has 1 N–H and O–H groups in total. The van der Waals surface area contributed by atoms with Crippen LogP contribution in [0.2, 0.25) is 0 Å². The number of hydrogen-bond donors (Lipinski definition) is 1. The summed E-state index contributed by atoms with van der Waals surface area (Å²) >= 11 is 3.13. The molecular formula is C13H12BrFN2O3S. The third-order valence-electron chi connectivity index (χ3n) is 2.65. The highest BCUT2D eigenvalue weighted by Crippen LogP contribution is 2.26. The Morgan fingerprint density at radius 3 is 2.57 bits per heavy atom. The summed E-state index contributed by atoms with van der Waals surface area (Å²) in [5.74, 6) is -0.480. The van der Waals surface area contributed by atoms with Crippen molar-refractivity contribution in [3.8, 4) is 5.88 Å². The Bertz CT molecular complexity index is 781. The van der Waals surface area contributed by atoms with Gasteiger partial charge in [0.2, 0.25) is 5.88 Å². The lowest BCUT2D eigenvalue weighted by Crippen LogP contribution is -2.15. The number of methoxy groups -OCH3 is 1. The van der Waals surface area contributed by atoms with Crippen LogP contribution in [-0.4, -0.2) is 20.5 Å². The Kier molecular flexibility index (Phi) is 4.48. The first kappa shape index (κ1) is 15.7. The van der Waals surface area contributed by atoms with Crippen LogP contribution in [0.3, 0.4) is 0 Å². The van der Waals surface area contributed by atoms with Crippen molar-refractivity contribution in [3.05, 3.63) is 46.3 Å². The van der Waals surface area contributed by atoms with Gasteiger partial charge >= 0.3 is 0 Å². The summed E-state index contributed by atoms with van der Waals surface area (Å²) in [6.07, 6.45) is 0. The number of aryl methyl sites for hydroxylation is 1. The number of rotatable bonds is 4. The third kappa shape index (κ3) is 3.51. The van der Waals surface area contributed by atoms with Gasteiger partial charge in [0.05, 0.1) is 12.8 Å². The quantitative estimate of drug-likeness (QED) is 0.834. The number of nitrogens with one attached hydrogen (secondary N) is 1. The summed E-state index contributed by atoms with van der Waals surface area (Å²) < 4.78 is 45.7. The second-order valence-corrected chi connectivity index (χ2v) is 6.63. The Labute approximate surface area is 130 Å². The fraction of sp³-hybridized carbons (Fsp3) is 0.154. The van der Waals surface area contributed by atoms with E-state index in [9.17, 15) is 12.8 Å². The van der Waals surface area contributed by atoms with Gasteiger partial charge in [0, 0.05) is 6.07 Å². The lowest BCUT2D eigenvalue weighted by Gasteiger charge is -2.11. The molecule has 0 aliphatic rings. The largest absolute Gasteiger partial charge is 0.481 e. The second-order valence-electron chi connectivity index (χ2n) is 4.23. The average molecular weight is 375 g/mol. The first-order valence-electron chi connectivity index (χ1n) is 5.83. The monoisotopic (exact) mass is 374 g/mol. The second kappa shape index (κ2) is 5.98. The van der Waals surface area contributed by atoms with Crippen molar-refractivity contribution in [2.75, 3.05) is 11.8 Å². The van der Waals surface area contributed by atoms with Crippen LogP contribution < -0.4 is 9.46 Å². The summed E-state index contributed by atoms with van der Waals surface area (Å²) in [5.41, 5.74) is 0.828. The van der Waals surface area contributed by atoms with Gasteiger partial charge in [0.1, 0.15) is 15.3 Å². The molecule has 5 nitrogen and oxygen atoms in total. The first-order valence-corrected chi connectivity index (χ1v) is 8.10. The summed E-state index contributed by atoms with van der Waals surface area (Å²) in [7, 11) is -2.59. The highest BCUT2D eigenvalue weighted by molar-refractivity contribution is 9.10. The van der Waals surface area contributed by atoms with Gasteiger partial charge in [0.25, 0.3) is 10.0 Å². The maximum atomic E-state index is 13.8. The predicted molar refractivity (Wildman–Crippen MR) is 80.4 cm³/mol. The Morgan fingerprint density at radius 1 is 1.29 bits per heavy atom. The van der Waals surface area contributed by atoms with Crippen molar-refractivity contribution >= 4 is 31.6 Å². The van der Waals surface area contributed by atoms with Gasteiger partial charge < -0.3 is 4.74 Å². The molecule has 1 aromatic carbocycles. The lowest BCUT2D eigenvalue weighted by atomic mass is 10.2. The molecule has 0 unspecified atom stereocenters. The van der Waals surface area contributed by atoms with Gasteiger partial charge in [-0.3, -0.25) is 4.72 Å². The number of pyridine rings is 1. The van der Waals surface area contributed by atoms with Crippen LogP contribution in [-0.2, 0) is 10.0 Å². The minimum absolute atomic E-state index is 0.191. The third-order valence-corrected chi connectivity index (χ3v) is 4.66. The fourth-order valence-corrected chi connectivity index (χ4v) is 3.30. The molecule has 1 heterocycles. The van der Waals surface area contributed by atoms with Gasteiger partial charge in [0.15, 0.2) is 0 Å². The Balaban J connectivity index is 2.37. The van der Waals surface area contributed by atoms with Crippen LogP contribution in [0.4, 0.5) is 10.1 Å². The van der Waals surface area contributed by atoms with Crippen LogP contribution in [0, 0.1) is 12.7 Å². The van der Waals surface area contributed by atoms with Crippen LogP contribution in [0.15, 0.2) is 39.8 Å². The number of halogens is 2. The standard InChI is InChI=1S/C13H12BrFN2O3S/c1-8-3-5-11(9(15)7-8)21(18,19)17-10-4-6-12(20-2)16-13(10)14/h3-7,17H,1-2H3. The molecule has 0 fully saturated rings. The van der Waals surface area contributed by atoms with E-state index in [2.05, 4.69) is 25.6 Å². The number of hydrogen-bond acceptors (Lipinski definition) is 4. The number of ether oxygens (including phenoxy) is 1. The minimum atomic E-state index is -4.04. The molecule has 2 aromatic rings. The molecule has 0 bridgehead atoms. The highest BCUT2D eigenvalue weighted by atomic mass is 79.9. The normalized spacial score (nSPS) is 11.2. The van der Waals surface area contributed by atoms with Gasteiger partial charge in [-0.1, -0.05) is 6.07 Å². The average Bonchev–Trinajstić information content (AvgIpc) is 2.40. The minimum Gasteiger partial charge on any atom is -0.481 e. The van der Waals surface area contributed by atoms with E-state index in [0.29, 0.717) is 11.4 Å². The zero-order chi connectivity index (χ0) is 15.6. The Morgan fingerprint density at radius 2 is 2.00 bits per heavy atom. The number of benzene rings is 1. The summed E-state index contributed by atoms with van der Waals surface area (Å²) in [4.78, 5) is 3.56. The summed E-state index contributed by atoms with van der Waals surface area (Å²) in [6.45, 7) is 1.68. The maximum absolute atomic E-state index is 13.8. The van der Waals surface area contributed by atoms with Crippen molar-refractivity contribution < 1.29 is 17.5 Å². The van der Waals surface area contributed by atoms with E-state index in [1.807, 2.05) is 0 Å². The smallest absolute Gasteiger partial charge is 0.264 e. The van der Waals surface area contributed by atoms with Crippen molar-refractivity contribution in [1.82, 2.24) is 4.98 Å². The zero-order valence-corrected chi connectivity index (χ0v) is 13.6. The van der Waals surface area contributed by atoms with E-state index >= 15 is 0 Å². The van der Waals surface area contributed by atoms with Gasteiger partial charge in [-0.05, 0) is 46.6 Å². The van der Waals surface area contributed by atoms with Crippen LogP contribution >= 0.6 is 15.9 Å². The molecular weight excluding hydrogens is 363 g/mol. The molecule has 0 aliphatic carbocycles. The van der Waals surface area contributed by atoms with Gasteiger partial charge in [-0.25, -0.2) is 17.8 Å². The molecule has 0 aliphatic heterocycles. The van der Waals surface area contributed by atoms with Crippen LogP contribution in [0.25, 0.3) is 0 Å². The highest BCUT2D eigenvalue weighted by Gasteiger charge is 2.20. The molecule has 2 rings (SSSR count). The number of sulfonamides is 1. The Hall–Kier alpha value is -1.67. The van der Waals surface area contributed by atoms with Gasteiger partial charge in [-0.15, -0.1) is 0 Å². The van der Waals surface area contributed by atoms with Crippen molar-refractivity contribution in [2.45, 2.75) is 11.8 Å². The predicted octanol–water partition coefficient (Wildman–Crippen LogP) is 3.10.